The van der Waals surface area contributed by atoms with Crippen molar-refractivity contribution in [3.05, 3.63) is 22.1 Å². The monoisotopic (exact) mass is 146 g/mol. The Morgan fingerprint density at radius 2 is 1.89 bits per heavy atom. The lowest BCUT2D eigenvalue weighted by Gasteiger charge is -1.75. The molecule has 0 saturated heterocycles. The molecular formula is C7H11FS. The van der Waals surface area contributed by atoms with E-state index in [0.29, 0.717) is 0 Å². The van der Waals surface area contributed by atoms with Crippen LogP contribution in [0.4, 0.5) is 4.39 Å². The van der Waals surface area contributed by atoms with Gasteiger partial charge in [0.05, 0.1) is 0 Å². The molecule has 0 nitrogen and oxygen atoms in total. The first-order valence-electron chi connectivity index (χ1n) is 2.99. The van der Waals surface area contributed by atoms with Gasteiger partial charge >= 0.3 is 0 Å². The summed E-state index contributed by atoms with van der Waals surface area (Å²) in [6.45, 7) is 5.76. The first-order valence-corrected chi connectivity index (χ1v) is 3.93. The Labute approximate surface area is 59.3 Å². The fraction of sp³-hybridized carbons (Fsp3) is 0.429. The fourth-order valence-electron chi connectivity index (χ4n) is 0.345. The molecule has 0 aliphatic carbocycles. The highest BCUT2D eigenvalue weighted by Crippen LogP contribution is 2.09. The van der Waals surface area contributed by atoms with Gasteiger partial charge in [-0.15, -0.1) is 11.3 Å². The van der Waals surface area contributed by atoms with Crippen LogP contribution in [0.5, 0.6) is 0 Å². The van der Waals surface area contributed by atoms with E-state index >= 15 is 0 Å². The first-order chi connectivity index (χ1) is 4.30. The Morgan fingerprint density at radius 1 is 1.33 bits per heavy atom. The van der Waals surface area contributed by atoms with Crippen LogP contribution >= 0.6 is 11.3 Å². The molecule has 0 atom stereocenters. The Balaban J connectivity index is 0.000000291. The second kappa shape index (κ2) is 4.50. The summed E-state index contributed by atoms with van der Waals surface area (Å²) in [7, 11) is 0. The molecule has 0 aromatic carbocycles. The second-order valence-corrected chi connectivity index (χ2v) is 2.15. The SMILES string of the molecule is CC.Cc1cscc1F. The van der Waals surface area contributed by atoms with Crippen molar-refractivity contribution in [3.63, 3.8) is 0 Å². The molecular weight excluding hydrogens is 135 g/mol. The number of halogens is 1. The minimum Gasteiger partial charge on any atom is -0.206 e. The zero-order chi connectivity index (χ0) is 7.28. The van der Waals surface area contributed by atoms with Crippen molar-refractivity contribution in [2.75, 3.05) is 0 Å². The molecule has 0 saturated carbocycles. The topological polar surface area (TPSA) is 0 Å². The lowest BCUT2D eigenvalue weighted by Crippen LogP contribution is -1.65. The molecule has 9 heavy (non-hydrogen) atoms. The van der Waals surface area contributed by atoms with E-state index in [-0.39, 0.29) is 5.82 Å². The van der Waals surface area contributed by atoms with Gasteiger partial charge in [0.25, 0.3) is 0 Å². The van der Waals surface area contributed by atoms with Crippen molar-refractivity contribution in [2.24, 2.45) is 0 Å². The minimum atomic E-state index is -0.0926. The zero-order valence-electron chi connectivity index (χ0n) is 5.94. The highest BCUT2D eigenvalue weighted by molar-refractivity contribution is 7.08. The molecule has 0 aliphatic rings. The Bertz CT molecular complexity index is 141. The minimum absolute atomic E-state index is 0.0926. The number of hydrogen-bond donors (Lipinski definition) is 0. The van der Waals surface area contributed by atoms with Crippen molar-refractivity contribution in [2.45, 2.75) is 20.8 Å². The first kappa shape index (κ1) is 8.63. The van der Waals surface area contributed by atoms with Crippen LogP contribution in [0.1, 0.15) is 19.4 Å². The average molecular weight is 146 g/mol. The van der Waals surface area contributed by atoms with Crippen molar-refractivity contribution in [1.82, 2.24) is 0 Å². The summed E-state index contributed by atoms with van der Waals surface area (Å²) in [5, 5.41) is 3.28. The van der Waals surface area contributed by atoms with Gasteiger partial charge in [-0.3, -0.25) is 0 Å². The van der Waals surface area contributed by atoms with E-state index in [0.717, 1.165) is 5.56 Å². The molecule has 0 N–H and O–H groups in total. The lowest BCUT2D eigenvalue weighted by atomic mass is 10.4. The molecule has 0 radical (unpaired) electrons. The molecule has 1 rings (SSSR count). The number of rotatable bonds is 0. The number of aryl methyl sites for hydroxylation is 1. The third kappa shape index (κ3) is 2.61. The van der Waals surface area contributed by atoms with Crippen molar-refractivity contribution < 1.29 is 4.39 Å². The second-order valence-electron chi connectivity index (χ2n) is 1.40. The summed E-state index contributed by atoms with van der Waals surface area (Å²) < 4.78 is 12.1. The molecule has 1 aromatic rings. The molecule has 0 bridgehead atoms. The molecule has 1 aromatic heterocycles. The van der Waals surface area contributed by atoms with Crippen LogP contribution in [0, 0.1) is 12.7 Å². The Kier molecular flexibility index (Phi) is 4.32. The molecule has 1 heterocycles. The van der Waals surface area contributed by atoms with Gasteiger partial charge in [-0.05, 0) is 17.9 Å². The van der Waals surface area contributed by atoms with Crippen LogP contribution in [0.3, 0.4) is 0 Å². The van der Waals surface area contributed by atoms with Gasteiger partial charge in [-0.2, -0.15) is 0 Å². The van der Waals surface area contributed by atoms with E-state index in [9.17, 15) is 4.39 Å². The van der Waals surface area contributed by atoms with Crippen LogP contribution in [-0.4, -0.2) is 0 Å². The summed E-state index contributed by atoms with van der Waals surface area (Å²) in [4.78, 5) is 0. The van der Waals surface area contributed by atoms with Gasteiger partial charge in [0.1, 0.15) is 5.82 Å². The summed E-state index contributed by atoms with van der Waals surface area (Å²) in [6.07, 6.45) is 0. The predicted molar refractivity (Wildman–Crippen MR) is 40.4 cm³/mol. The summed E-state index contributed by atoms with van der Waals surface area (Å²) in [5.41, 5.74) is 0.741. The highest BCUT2D eigenvalue weighted by Gasteiger charge is 1.91. The van der Waals surface area contributed by atoms with Crippen LogP contribution < -0.4 is 0 Å². The summed E-state index contributed by atoms with van der Waals surface area (Å²) in [5.74, 6) is -0.0926. The third-order valence-electron chi connectivity index (χ3n) is 0.793. The molecule has 0 unspecified atom stereocenters. The quantitative estimate of drug-likeness (QED) is 0.527. The molecule has 0 fully saturated rings. The predicted octanol–water partition coefficient (Wildman–Crippen LogP) is 3.22. The van der Waals surface area contributed by atoms with Gasteiger partial charge in [0, 0.05) is 5.38 Å². The highest BCUT2D eigenvalue weighted by atomic mass is 32.1. The van der Waals surface area contributed by atoms with Gasteiger partial charge in [-0.1, -0.05) is 13.8 Å². The molecule has 52 valence electrons. The largest absolute Gasteiger partial charge is 0.206 e. The fourth-order valence-corrected chi connectivity index (χ4v) is 1.04. The van der Waals surface area contributed by atoms with Gasteiger partial charge < -0.3 is 0 Å². The maximum atomic E-state index is 12.1. The zero-order valence-corrected chi connectivity index (χ0v) is 6.76. The average Bonchev–Trinajstić information content (AvgIpc) is 2.23. The van der Waals surface area contributed by atoms with E-state index in [2.05, 4.69) is 0 Å². The van der Waals surface area contributed by atoms with E-state index in [1.807, 2.05) is 13.8 Å². The Hall–Kier alpha value is -0.370. The third-order valence-corrected chi connectivity index (χ3v) is 1.63. The standard InChI is InChI=1S/C5H5FS.C2H6/c1-4-2-7-3-5(4)6;1-2/h2-3H,1H3;1-2H3. The van der Waals surface area contributed by atoms with E-state index in [1.165, 1.54) is 16.7 Å². The van der Waals surface area contributed by atoms with E-state index in [1.54, 1.807) is 12.3 Å². The van der Waals surface area contributed by atoms with Crippen molar-refractivity contribution in [3.8, 4) is 0 Å². The van der Waals surface area contributed by atoms with Crippen molar-refractivity contribution >= 4 is 11.3 Å². The molecule has 0 amide bonds. The van der Waals surface area contributed by atoms with E-state index < -0.39 is 0 Å². The molecule has 2 heteroatoms. The maximum Gasteiger partial charge on any atom is 0.136 e. The van der Waals surface area contributed by atoms with Crippen LogP contribution in [0.25, 0.3) is 0 Å². The maximum absolute atomic E-state index is 12.1. The van der Waals surface area contributed by atoms with Crippen molar-refractivity contribution in [1.29, 1.82) is 0 Å². The smallest absolute Gasteiger partial charge is 0.136 e. The molecule has 0 aliphatic heterocycles. The van der Waals surface area contributed by atoms with Crippen LogP contribution in [-0.2, 0) is 0 Å². The van der Waals surface area contributed by atoms with Gasteiger partial charge in [0.2, 0.25) is 0 Å². The Morgan fingerprint density at radius 3 is 2.00 bits per heavy atom. The number of thiophene rings is 1. The normalized spacial score (nSPS) is 8.00. The molecule has 0 spiro atoms. The van der Waals surface area contributed by atoms with Gasteiger partial charge in [-0.25, -0.2) is 4.39 Å². The summed E-state index contributed by atoms with van der Waals surface area (Å²) in [6, 6.07) is 0. The van der Waals surface area contributed by atoms with Crippen LogP contribution in [0.15, 0.2) is 10.8 Å². The van der Waals surface area contributed by atoms with E-state index in [4.69, 9.17) is 0 Å². The number of hydrogen-bond acceptors (Lipinski definition) is 1. The lowest BCUT2D eigenvalue weighted by molar-refractivity contribution is 0.624. The van der Waals surface area contributed by atoms with Crippen LogP contribution in [0.2, 0.25) is 0 Å². The summed E-state index contributed by atoms with van der Waals surface area (Å²) >= 11 is 1.39. The van der Waals surface area contributed by atoms with Gasteiger partial charge in [0.15, 0.2) is 0 Å².